The smallest absolute Gasteiger partial charge is 0.335 e. The van der Waals surface area contributed by atoms with Gasteiger partial charge in [-0.25, -0.2) is 4.79 Å². The van der Waals surface area contributed by atoms with Crippen molar-refractivity contribution < 1.29 is 9.90 Å². The Hall–Kier alpha value is -1.57. The van der Waals surface area contributed by atoms with Gasteiger partial charge in [0, 0.05) is 0 Å². The minimum Gasteiger partial charge on any atom is -0.478 e. The number of hydrogen-bond acceptors (Lipinski definition) is 1. The molecule has 0 amide bonds. The maximum Gasteiger partial charge on any atom is 0.335 e. The molecule has 1 N–H and O–H groups in total. The summed E-state index contributed by atoms with van der Waals surface area (Å²) in [5.74, 6) is -0.929. The second kappa shape index (κ2) is 3.01. The van der Waals surface area contributed by atoms with Crippen molar-refractivity contribution in [1.29, 1.82) is 0 Å². The van der Waals surface area contributed by atoms with E-state index in [0.29, 0.717) is 5.56 Å². The lowest BCUT2D eigenvalue weighted by atomic mass is 10.1. The molecule has 0 saturated carbocycles. The minimum atomic E-state index is -0.929. The van der Waals surface area contributed by atoms with Gasteiger partial charge in [-0.05, 0) is 23.8 Å². The van der Waals surface area contributed by atoms with E-state index < -0.39 is 5.97 Å². The van der Waals surface area contributed by atoms with E-state index in [1.165, 1.54) is 12.1 Å². The van der Waals surface area contributed by atoms with E-state index in [9.17, 15) is 4.79 Å². The molecule has 0 heterocycles. The molecule has 0 saturated heterocycles. The van der Waals surface area contributed by atoms with Crippen molar-refractivity contribution in [2.24, 2.45) is 0 Å². The first-order valence-electron chi connectivity index (χ1n) is 3.11. The summed E-state index contributed by atoms with van der Waals surface area (Å²) in [6.07, 6.45) is 1.56. The van der Waals surface area contributed by atoms with Gasteiger partial charge in [0.15, 0.2) is 0 Å². The van der Waals surface area contributed by atoms with Crippen LogP contribution in [-0.4, -0.2) is 11.1 Å². The molecule has 0 unspecified atom stereocenters. The maximum absolute atomic E-state index is 10.4. The second-order valence-electron chi connectivity index (χ2n) is 2.04. The molecule has 11 heavy (non-hydrogen) atoms. The van der Waals surface area contributed by atoms with Gasteiger partial charge in [0.05, 0.1) is 5.56 Å². The van der Waals surface area contributed by atoms with Crippen molar-refractivity contribution in [3.63, 3.8) is 0 Å². The Labute approximate surface area is 64.8 Å². The van der Waals surface area contributed by atoms with E-state index in [-0.39, 0.29) is 5.56 Å². The number of hydrogen-bond donors (Lipinski definition) is 1. The summed E-state index contributed by atoms with van der Waals surface area (Å²) in [4.78, 5) is 10.4. The first kappa shape index (κ1) is 7.54. The van der Waals surface area contributed by atoms with E-state index in [2.05, 4.69) is 12.6 Å². The highest BCUT2D eigenvalue weighted by molar-refractivity contribution is 5.88. The Morgan fingerprint density at radius 1 is 1.73 bits per heavy atom. The highest BCUT2D eigenvalue weighted by Gasteiger charge is 2.00. The van der Waals surface area contributed by atoms with Crippen molar-refractivity contribution in [2.45, 2.75) is 0 Å². The molecule has 0 fully saturated rings. The van der Waals surface area contributed by atoms with E-state index in [1.54, 1.807) is 12.1 Å². The van der Waals surface area contributed by atoms with Crippen molar-refractivity contribution in [2.75, 3.05) is 0 Å². The zero-order chi connectivity index (χ0) is 8.27. The summed E-state index contributed by atoms with van der Waals surface area (Å²) in [5.41, 5.74) is 0.962. The SMILES string of the molecule is C=Cc1[c]ccc(C(=O)O)c1. The lowest BCUT2D eigenvalue weighted by Crippen LogP contribution is -1.95. The highest BCUT2D eigenvalue weighted by Crippen LogP contribution is 2.04. The number of rotatable bonds is 2. The van der Waals surface area contributed by atoms with Crippen LogP contribution in [0, 0.1) is 6.07 Å². The third kappa shape index (κ3) is 1.67. The van der Waals surface area contributed by atoms with Crippen LogP contribution in [-0.2, 0) is 0 Å². The van der Waals surface area contributed by atoms with Crippen LogP contribution in [0.1, 0.15) is 15.9 Å². The van der Waals surface area contributed by atoms with Gasteiger partial charge in [0.2, 0.25) is 0 Å². The normalized spacial score (nSPS) is 9.09. The highest BCUT2D eigenvalue weighted by atomic mass is 16.4. The number of aromatic carboxylic acids is 1. The molecular formula is C9H7O2. The number of carbonyl (C=O) groups is 1. The molecule has 0 aliphatic carbocycles. The Bertz CT molecular complexity index is 289. The van der Waals surface area contributed by atoms with E-state index in [1.807, 2.05) is 0 Å². The predicted octanol–water partition coefficient (Wildman–Crippen LogP) is 1.83. The molecule has 0 bridgehead atoms. The van der Waals surface area contributed by atoms with Crippen LogP contribution in [0.25, 0.3) is 6.08 Å². The molecule has 0 spiro atoms. The quantitative estimate of drug-likeness (QED) is 0.692. The summed E-state index contributed by atoms with van der Waals surface area (Å²) in [5, 5.41) is 8.56. The third-order valence-electron chi connectivity index (χ3n) is 1.29. The second-order valence-corrected chi connectivity index (χ2v) is 2.04. The van der Waals surface area contributed by atoms with Crippen LogP contribution in [0.2, 0.25) is 0 Å². The third-order valence-corrected chi connectivity index (χ3v) is 1.29. The van der Waals surface area contributed by atoms with Crippen LogP contribution in [0.5, 0.6) is 0 Å². The summed E-state index contributed by atoms with van der Waals surface area (Å²) in [6, 6.07) is 7.42. The minimum absolute atomic E-state index is 0.263. The lowest BCUT2D eigenvalue weighted by Gasteiger charge is -1.94. The molecule has 2 nitrogen and oxygen atoms in total. The summed E-state index contributed by atoms with van der Waals surface area (Å²) < 4.78 is 0. The first-order chi connectivity index (χ1) is 5.24. The van der Waals surface area contributed by atoms with Crippen molar-refractivity contribution in [3.05, 3.63) is 42.0 Å². The van der Waals surface area contributed by atoms with Gasteiger partial charge in [-0.15, -0.1) is 0 Å². The van der Waals surface area contributed by atoms with E-state index in [0.717, 1.165) is 0 Å². The number of benzene rings is 1. The Morgan fingerprint density at radius 3 is 3.00 bits per heavy atom. The molecule has 55 valence electrons. The van der Waals surface area contributed by atoms with Crippen LogP contribution >= 0.6 is 0 Å². The molecule has 1 radical (unpaired) electrons. The Morgan fingerprint density at radius 2 is 2.45 bits per heavy atom. The molecule has 0 atom stereocenters. The Kier molecular flexibility index (Phi) is 2.06. The fourth-order valence-corrected chi connectivity index (χ4v) is 0.736. The standard InChI is InChI=1S/C9H7O2/c1-2-7-4-3-5-8(6-7)9(10)11/h2-3,5-6H,1H2,(H,10,11). The molecular weight excluding hydrogens is 140 g/mol. The fourth-order valence-electron chi connectivity index (χ4n) is 0.736. The largest absolute Gasteiger partial charge is 0.478 e. The molecule has 1 aromatic rings. The molecule has 0 aliphatic rings. The van der Waals surface area contributed by atoms with E-state index in [4.69, 9.17) is 5.11 Å². The van der Waals surface area contributed by atoms with Crippen LogP contribution in [0.4, 0.5) is 0 Å². The average Bonchev–Trinajstić information content (AvgIpc) is 2.05. The van der Waals surface area contributed by atoms with Crippen molar-refractivity contribution in [3.8, 4) is 0 Å². The monoisotopic (exact) mass is 147 g/mol. The summed E-state index contributed by atoms with van der Waals surface area (Å²) in [6.45, 7) is 3.51. The van der Waals surface area contributed by atoms with Gasteiger partial charge in [-0.3, -0.25) is 0 Å². The number of carboxylic acid groups (broad SMARTS) is 1. The number of carboxylic acids is 1. The summed E-state index contributed by atoms with van der Waals surface area (Å²) >= 11 is 0. The fraction of sp³-hybridized carbons (Fsp3) is 0. The van der Waals surface area contributed by atoms with E-state index >= 15 is 0 Å². The topological polar surface area (TPSA) is 37.3 Å². The summed E-state index contributed by atoms with van der Waals surface area (Å²) in [7, 11) is 0. The van der Waals surface area contributed by atoms with Crippen LogP contribution < -0.4 is 0 Å². The molecule has 2 heteroatoms. The van der Waals surface area contributed by atoms with Crippen molar-refractivity contribution >= 4 is 12.0 Å². The van der Waals surface area contributed by atoms with Gasteiger partial charge < -0.3 is 5.11 Å². The maximum atomic E-state index is 10.4. The Balaban J connectivity index is 3.10. The average molecular weight is 147 g/mol. The molecule has 0 aromatic heterocycles. The zero-order valence-corrected chi connectivity index (χ0v) is 5.87. The van der Waals surface area contributed by atoms with Crippen molar-refractivity contribution in [1.82, 2.24) is 0 Å². The lowest BCUT2D eigenvalue weighted by molar-refractivity contribution is 0.0697. The van der Waals surface area contributed by atoms with Gasteiger partial charge in [-0.2, -0.15) is 0 Å². The molecule has 1 aromatic carbocycles. The molecule has 0 aliphatic heterocycles. The van der Waals surface area contributed by atoms with Gasteiger partial charge >= 0.3 is 5.97 Å². The van der Waals surface area contributed by atoms with Gasteiger partial charge in [-0.1, -0.05) is 18.7 Å². The van der Waals surface area contributed by atoms with Gasteiger partial charge in [0.1, 0.15) is 0 Å². The zero-order valence-electron chi connectivity index (χ0n) is 5.87. The van der Waals surface area contributed by atoms with Gasteiger partial charge in [0.25, 0.3) is 0 Å². The van der Waals surface area contributed by atoms with Crippen LogP contribution in [0.3, 0.4) is 0 Å². The molecule has 1 rings (SSSR count). The van der Waals surface area contributed by atoms with Crippen LogP contribution in [0.15, 0.2) is 24.8 Å². The first-order valence-corrected chi connectivity index (χ1v) is 3.11. The predicted molar refractivity (Wildman–Crippen MR) is 42.3 cm³/mol.